The van der Waals surface area contributed by atoms with Crippen LogP contribution in [0.4, 0.5) is 9.59 Å². The number of rotatable bonds is 2. The lowest BCUT2D eigenvalue weighted by molar-refractivity contribution is 0.1000. The molecule has 0 aromatic heterocycles. The van der Waals surface area contributed by atoms with E-state index in [0.29, 0.717) is 5.01 Å². The van der Waals surface area contributed by atoms with Crippen LogP contribution in [-0.2, 0) is 9.47 Å². The van der Waals surface area contributed by atoms with E-state index in [0.717, 1.165) is 19.8 Å². The number of ether oxygens (including phenoxy) is 2. The number of carbonyl (C=O) groups is 2. The first-order chi connectivity index (χ1) is 8.19. The highest BCUT2D eigenvalue weighted by molar-refractivity contribution is 5.89. The van der Waals surface area contributed by atoms with Gasteiger partial charge in [0.25, 0.3) is 0 Å². The normalized spacial score (nSPS) is 10.0. The largest absolute Gasteiger partial charge is 0.451 e. The zero-order valence-electron chi connectivity index (χ0n) is 9.49. The summed E-state index contributed by atoms with van der Waals surface area (Å²) in [5.41, 5.74) is 0.741. The Morgan fingerprint density at radius 2 is 1.65 bits per heavy atom. The highest BCUT2D eigenvalue weighted by atomic mass is 16.6. The molecule has 0 aliphatic heterocycles. The fourth-order valence-corrected chi connectivity index (χ4v) is 1.01. The van der Waals surface area contributed by atoms with Crippen molar-refractivity contribution in [2.75, 3.05) is 14.2 Å². The first-order valence-electron chi connectivity index (χ1n) is 4.74. The van der Waals surface area contributed by atoms with Gasteiger partial charge in [0.15, 0.2) is 0 Å². The number of hydrogen-bond donors (Lipinski definition) is 0. The van der Waals surface area contributed by atoms with Gasteiger partial charge in [-0.05, 0) is 5.56 Å². The molecular weight excluding hydrogens is 224 g/mol. The highest BCUT2D eigenvalue weighted by Gasteiger charge is 2.21. The predicted octanol–water partition coefficient (Wildman–Crippen LogP) is 1.86. The van der Waals surface area contributed by atoms with Crippen LogP contribution in [0.25, 0.3) is 0 Å². The third-order valence-electron chi connectivity index (χ3n) is 1.82. The van der Waals surface area contributed by atoms with Gasteiger partial charge in [-0.25, -0.2) is 9.59 Å². The van der Waals surface area contributed by atoms with Crippen molar-refractivity contribution in [3.8, 4) is 0 Å². The Labute approximate surface area is 98.4 Å². The Hall–Kier alpha value is -2.37. The molecule has 0 N–H and O–H groups in total. The van der Waals surface area contributed by atoms with Crippen molar-refractivity contribution in [3.05, 3.63) is 35.9 Å². The van der Waals surface area contributed by atoms with E-state index >= 15 is 0 Å². The van der Waals surface area contributed by atoms with Gasteiger partial charge in [-0.15, -0.1) is 0 Å². The first-order valence-corrected chi connectivity index (χ1v) is 4.74. The topological polar surface area (TPSA) is 68.2 Å². The average Bonchev–Trinajstić information content (AvgIpc) is 2.39. The molecule has 1 rings (SSSR count). The Balaban J connectivity index is 2.83. The molecule has 6 nitrogen and oxygen atoms in total. The fraction of sp³-hybridized carbons (Fsp3) is 0.182. The molecule has 0 aliphatic carbocycles. The predicted molar refractivity (Wildman–Crippen MR) is 60.7 cm³/mol. The van der Waals surface area contributed by atoms with Crippen LogP contribution in [0.1, 0.15) is 5.56 Å². The summed E-state index contributed by atoms with van der Waals surface area (Å²) in [6.45, 7) is 0. The molecule has 0 bridgehead atoms. The van der Waals surface area contributed by atoms with Crippen molar-refractivity contribution in [3.63, 3.8) is 0 Å². The Morgan fingerprint density at radius 1 is 1.12 bits per heavy atom. The summed E-state index contributed by atoms with van der Waals surface area (Å²) in [7, 11) is 2.30. The van der Waals surface area contributed by atoms with Crippen LogP contribution in [-0.4, -0.2) is 37.6 Å². The second-order valence-electron chi connectivity index (χ2n) is 2.91. The summed E-state index contributed by atoms with van der Waals surface area (Å²) in [5.74, 6) is 0. The lowest BCUT2D eigenvalue weighted by Crippen LogP contribution is -2.32. The van der Waals surface area contributed by atoms with Gasteiger partial charge in [0.2, 0.25) is 0 Å². The number of carbonyl (C=O) groups excluding carboxylic acids is 2. The van der Waals surface area contributed by atoms with Gasteiger partial charge >= 0.3 is 12.2 Å². The van der Waals surface area contributed by atoms with Gasteiger partial charge in [-0.2, -0.15) is 5.10 Å². The third kappa shape index (κ3) is 3.60. The van der Waals surface area contributed by atoms with E-state index in [1.54, 1.807) is 12.1 Å². The summed E-state index contributed by atoms with van der Waals surface area (Å²) < 4.78 is 8.79. The van der Waals surface area contributed by atoms with Gasteiger partial charge in [0.05, 0.1) is 20.4 Å². The van der Waals surface area contributed by atoms with Crippen molar-refractivity contribution in [2.45, 2.75) is 0 Å². The lowest BCUT2D eigenvalue weighted by atomic mass is 10.2. The monoisotopic (exact) mass is 236 g/mol. The van der Waals surface area contributed by atoms with E-state index in [-0.39, 0.29) is 0 Å². The number of benzene rings is 1. The molecule has 90 valence electrons. The second-order valence-corrected chi connectivity index (χ2v) is 2.91. The quantitative estimate of drug-likeness (QED) is 0.580. The maximum Gasteiger partial charge on any atom is 0.440 e. The van der Waals surface area contributed by atoms with Crippen LogP contribution < -0.4 is 0 Å². The van der Waals surface area contributed by atoms with Gasteiger partial charge in [0, 0.05) is 0 Å². The number of amides is 2. The number of hydrogen-bond acceptors (Lipinski definition) is 5. The van der Waals surface area contributed by atoms with Crippen LogP contribution in [0.5, 0.6) is 0 Å². The minimum Gasteiger partial charge on any atom is -0.451 e. The molecule has 17 heavy (non-hydrogen) atoms. The van der Waals surface area contributed by atoms with E-state index in [4.69, 9.17) is 0 Å². The number of hydrazone groups is 1. The maximum absolute atomic E-state index is 11.2. The van der Waals surface area contributed by atoms with Gasteiger partial charge in [0.1, 0.15) is 0 Å². The molecule has 0 saturated heterocycles. The van der Waals surface area contributed by atoms with Gasteiger partial charge < -0.3 is 9.47 Å². The van der Waals surface area contributed by atoms with E-state index in [2.05, 4.69) is 14.6 Å². The molecule has 0 radical (unpaired) electrons. The summed E-state index contributed by atoms with van der Waals surface area (Å²) in [4.78, 5) is 22.4. The maximum atomic E-state index is 11.2. The molecule has 0 spiro atoms. The van der Waals surface area contributed by atoms with Gasteiger partial charge in [-0.1, -0.05) is 35.3 Å². The van der Waals surface area contributed by atoms with Crippen molar-refractivity contribution >= 4 is 18.4 Å². The third-order valence-corrected chi connectivity index (χ3v) is 1.82. The zero-order chi connectivity index (χ0) is 12.7. The Morgan fingerprint density at radius 3 is 2.12 bits per heavy atom. The molecule has 2 amide bonds. The summed E-state index contributed by atoms with van der Waals surface area (Å²) in [5, 5.41) is 4.19. The van der Waals surface area contributed by atoms with Crippen LogP contribution >= 0.6 is 0 Å². The Bertz CT molecular complexity index is 401. The van der Waals surface area contributed by atoms with E-state index < -0.39 is 12.2 Å². The van der Waals surface area contributed by atoms with Crippen LogP contribution in [0.3, 0.4) is 0 Å². The van der Waals surface area contributed by atoms with E-state index in [1.807, 2.05) is 18.2 Å². The van der Waals surface area contributed by atoms with E-state index in [1.165, 1.54) is 6.21 Å². The second kappa shape index (κ2) is 6.26. The van der Waals surface area contributed by atoms with Crippen LogP contribution in [0.15, 0.2) is 35.4 Å². The lowest BCUT2D eigenvalue weighted by Gasteiger charge is -2.11. The minimum absolute atomic E-state index is 0.493. The highest BCUT2D eigenvalue weighted by Crippen LogP contribution is 2.00. The first kappa shape index (κ1) is 12.7. The SMILES string of the molecule is COC(=O)N(/N=C/c1ccccc1)C(=O)OC. The van der Waals surface area contributed by atoms with Crippen molar-refractivity contribution < 1.29 is 19.1 Å². The Kier molecular flexibility index (Phi) is 4.68. The molecule has 6 heteroatoms. The molecular formula is C11H12N2O4. The molecule has 0 saturated carbocycles. The summed E-state index contributed by atoms with van der Waals surface area (Å²) in [6, 6.07) is 9.01. The summed E-state index contributed by atoms with van der Waals surface area (Å²) >= 11 is 0. The van der Waals surface area contributed by atoms with Crippen LogP contribution in [0, 0.1) is 0 Å². The molecule has 1 aromatic carbocycles. The average molecular weight is 236 g/mol. The molecule has 0 heterocycles. The van der Waals surface area contributed by atoms with Crippen molar-refractivity contribution in [1.29, 1.82) is 0 Å². The molecule has 0 fully saturated rings. The molecule has 0 aliphatic rings. The smallest absolute Gasteiger partial charge is 0.440 e. The van der Waals surface area contributed by atoms with Crippen molar-refractivity contribution in [2.24, 2.45) is 5.10 Å². The molecule has 0 unspecified atom stereocenters. The zero-order valence-corrected chi connectivity index (χ0v) is 9.49. The van der Waals surface area contributed by atoms with E-state index in [9.17, 15) is 9.59 Å². The molecule has 0 atom stereocenters. The summed E-state index contributed by atoms with van der Waals surface area (Å²) in [6.07, 6.45) is -0.471. The van der Waals surface area contributed by atoms with Gasteiger partial charge in [-0.3, -0.25) is 0 Å². The number of imide groups is 1. The minimum atomic E-state index is -0.913. The van der Waals surface area contributed by atoms with Crippen molar-refractivity contribution in [1.82, 2.24) is 5.01 Å². The standard InChI is InChI=1S/C11H12N2O4/c1-16-10(14)13(11(15)17-2)12-8-9-6-4-3-5-7-9/h3-8H,1-2H3/b12-8+. The number of nitrogens with zero attached hydrogens (tertiary/aromatic N) is 2. The fourth-order valence-electron chi connectivity index (χ4n) is 1.01. The molecule has 1 aromatic rings. The number of methoxy groups -OCH3 is 2. The van der Waals surface area contributed by atoms with Crippen LogP contribution in [0.2, 0.25) is 0 Å².